The van der Waals surface area contributed by atoms with Crippen molar-refractivity contribution in [3.63, 3.8) is 0 Å². The van der Waals surface area contributed by atoms with Crippen LogP contribution in [0.1, 0.15) is 25.3 Å². The number of benzene rings is 1. The quantitative estimate of drug-likeness (QED) is 0.760. The lowest BCUT2D eigenvalue weighted by atomic mass is 9.92. The van der Waals surface area contributed by atoms with Gasteiger partial charge in [-0.1, -0.05) is 18.2 Å². The zero-order valence-electron chi connectivity index (χ0n) is 15.2. The highest BCUT2D eigenvalue weighted by atomic mass is 16.1. The summed E-state index contributed by atoms with van der Waals surface area (Å²) in [6.07, 6.45) is 5.83. The number of amides is 1. The Morgan fingerprint density at radius 1 is 1.27 bits per heavy atom. The third-order valence-corrected chi connectivity index (χ3v) is 5.12. The van der Waals surface area contributed by atoms with Gasteiger partial charge in [-0.3, -0.25) is 4.79 Å². The summed E-state index contributed by atoms with van der Waals surface area (Å²) in [5.74, 6) is 0.210. The summed E-state index contributed by atoms with van der Waals surface area (Å²) in [5.41, 5.74) is 4.94. The highest BCUT2D eigenvalue weighted by Gasteiger charge is 2.24. The third-order valence-electron chi connectivity index (χ3n) is 5.12. The number of nitrogens with zero attached hydrogens (tertiary/aromatic N) is 2. The molecule has 0 radical (unpaired) electrons. The topological polar surface area (TPSA) is 58.4 Å². The number of imidazole rings is 1. The van der Waals surface area contributed by atoms with E-state index in [1.165, 1.54) is 0 Å². The molecule has 1 amide bonds. The lowest BCUT2D eigenvalue weighted by Gasteiger charge is -2.27. The van der Waals surface area contributed by atoms with Crippen LogP contribution in [0.15, 0.2) is 48.8 Å². The molecule has 0 saturated carbocycles. The monoisotopic (exact) mass is 348 g/mol. The molecule has 0 aliphatic carbocycles. The number of carbonyl (C=O) groups is 1. The van der Waals surface area contributed by atoms with Crippen LogP contribution in [0.2, 0.25) is 0 Å². The van der Waals surface area contributed by atoms with Gasteiger partial charge in [0.1, 0.15) is 5.65 Å². The molecule has 1 aliphatic rings. The van der Waals surface area contributed by atoms with Gasteiger partial charge < -0.3 is 15.0 Å². The predicted molar refractivity (Wildman–Crippen MR) is 104 cm³/mol. The number of nitrogens with one attached hydrogen (secondary N) is 2. The summed E-state index contributed by atoms with van der Waals surface area (Å²) >= 11 is 0. The molecule has 26 heavy (non-hydrogen) atoms. The van der Waals surface area contributed by atoms with E-state index in [4.69, 9.17) is 4.98 Å². The van der Waals surface area contributed by atoms with Crippen LogP contribution in [0, 0.1) is 12.8 Å². The number of aryl methyl sites for hydroxylation is 1. The van der Waals surface area contributed by atoms with Gasteiger partial charge in [-0.15, -0.1) is 0 Å². The molecule has 1 fully saturated rings. The van der Waals surface area contributed by atoms with Gasteiger partial charge in [-0.05, 0) is 57.0 Å². The van der Waals surface area contributed by atoms with Crippen molar-refractivity contribution in [3.05, 3.63) is 54.4 Å². The van der Waals surface area contributed by atoms with Gasteiger partial charge in [0.15, 0.2) is 0 Å². The number of piperidine rings is 1. The summed E-state index contributed by atoms with van der Waals surface area (Å²) in [6, 6.07) is 12.4. The van der Waals surface area contributed by atoms with Crippen LogP contribution in [0.25, 0.3) is 16.9 Å². The Kier molecular flexibility index (Phi) is 4.47. The van der Waals surface area contributed by atoms with E-state index in [-0.39, 0.29) is 11.8 Å². The van der Waals surface area contributed by atoms with E-state index in [0.29, 0.717) is 6.04 Å². The largest absolute Gasteiger partial charge is 0.326 e. The second-order valence-electron chi connectivity index (χ2n) is 7.19. The average molecular weight is 348 g/mol. The SMILES string of the molecule is Cc1cccn2cc(-c3ccc(NC(=O)[C@H]4CCN[C@@H](C)C4)cc3)nc12. The molecule has 1 aliphatic heterocycles. The molecule has 0 bridgehead atoms. The van der Waals surface area contributed by atoms with Gasteiger partial charge >= 0.3 is 0 Å². The van der Waals surface area contributed by atoms with Crippen molar-refractivity contribution in [1.82, 2.24) is 14.7 Å². The number of aromatic nitrogens is 2. The van der Waals surface area contributed by atoms with E-state index in [9.17, 15) is 4.79 Å². The Bertz CT molecular complexity index is 929. The van der Waals surface area contributed by atoms with E-state index in [0.717, 1.165) is 47.5 Å². The minimum Gasteiger partial charge on any atom is -0.326 e. The Labute approximate surface area is 153 Å². The normalized spacial score (nSPS) is 20.2. The molecular weight excluding hydrogens is 324 g/mol. The van der Waals surface area contributed by atoms with Gasteiger partial charge in [0, 0.05) is 35.6 Å². The van der Waals surface area contributed by atoms with Crippen LogP contribution in [0.3, 0.4) is 0 Å². The maximum Gasteiger partial charge on any atom is 0.227 e. The zero-order chi connectivity index (χ0) is 18.1. The fraction of sp³-hybridized carbons (Fsp3) is 0.333. The molecule has 3 aromatic rings. The van der Waals surface area contributed by atoms with E-state index < -0.39 is 0 Å². The Balaban J connectivity index is 1.49. The standard InChI is InChI=1S/C21H24N4O/c1-14-4-3-11-25-13-19(24-20(14)25)16-5-7-18(8-6-16)23-21(26)17-9-10-22-15(2)12-17/h3-8,11,13,15,17,22H,9-10,12H2,1-2H3,(H,23,26)/t15-,17-/m0/s1. The zero-order valence-corrected chi connectivity index (χ0v) is 15.2. The van der Waals surface area contributed by atoms with E-state index in [1.54, 1.807) is 0 Å². The lowest BCUT2D eigenvalue weighted by Crippen LogP contribution is -2.40. The number of hydrogen-bond donors (Lipinski definition) is 2. The molecule has 3 heterocycles. The van der Waals surface area contributed by atoms with Crippen LogP contribution in [-0.2, 0) is 4.79 Å². The Morgan fingerprint density at radius 2 is 2.08 bits per heavy atom. The van der Waals surface area contributed by atoms with Crippen molar-refractivity contribution in [2.45, 2.75) is 32.7 Å². The highest BCUT2D eigenvalue weighted by molar-refractivity contribution is 5.92. The molecule has 0 spiro atoms. The molecule has 134 valence electrons. The summed E-state index contributed by atoms with van der Waals surface area (Å²) in [7, 11) is 0. The predicted octanol–water partition coefficient (Wildman–Crippen LogP) is 3.64. The van der Waals surface area contributed by atoms with Crippen molar-refractivity contribution in [3.8, 4) is 11.3 Å². The molecule has 2 aromatic heterocycles. The van der Waals surface area contributed by atoms with Crippen molar-refractivity contribution < 1.29 is 4.79 Å². The van der Waals surface area contributed by atoms with E-state index in [1.807, 2.05) is 47.1 Å². The molecule has 4 rings (SSSR count). The fourth-order valence-electron chi connectivity index (χ4n) is 3.63. The molecule has 2 N–H and O–H groups in total. The molecule has 0 unspecified atom stereocenters. The minimum absolute atomic E-state index is 0.0901. The number of fused-ring (bicyclic) bond motifs is 1. The van der Waals surface area contributed by atoms with Crippen LogP contribution < -0.4 is 10.6 Å². The van der Waals surface area contributed by atoms with Gasteiger partial charge in [0.2, 0.25) is 5.91 Å². The van der Waals surface area contributed by atoms with E-state index in [2.05, 4.69) is 30.5 Å². The smallest absolute Gasteiger partial charge is 0.227 e. The first-order valence-electron chi connectivity index (χ1n) is 9.19. The van der Waals surface area contributed by atoms with Crippen molar-refractivity contribution >= 4 is 17.2 Å². The maximum absolute atomic E-state index is 12.5. The van der Waals surface area contributed by atoms with Gasteiger partial charge in [-0.2, -0.15) is 0 Å². The van der Waals surface area contributed by atoms with Crippen LogP contribution in [0.5, 0.6) is 0 Å². The van der Waals surface area contributed by atoms with Crippen LogP contribution in [-0.4, -0.2) is 27.9 Å². The van der Waals surface area contributed by atoms with E-state index >= 15 is 0 Å². The highest BCUT2D eigenvalue weighted by Crippen LogP contribution is 2.23. The molecule has 5 nitrogen and oxygen atoms in total. The Hall–Kier alpha value is -2.66. The van der Waals surface area contributed by atoms with Crippen molar-refractivity contribution in [1.29, 1.82) is 0 Å². The minimum atomic E-state index is 0.0901. The lowest BCUT2D eigenvalue weighted by molar-refractivity contribution is -0.120. The number of anilines is 1. The number of pyridine rings is 1. The average Bonchev–Trinajstić information content (AvgIpc) is 3.08. The van der Waals surface area contributed by atoms with Gasteiger partial charge in [0.05, 0.1) is 5.69 Å². The van der Waals surface area contributed by atoms with Crippen LogP contribution in [0.4, 0.5) is 5.69 Å². The van der Waals surface area contributed by atoms with Gasteiger partial charge in [0.25, 0.3) is 0 Å². The second-order valence-corrected chi connectivity index (χ2v) is 7.19. The molecule has 2 atom stereocenters. The molecule has 5 heteroatoms. The first-order chi connectivity index (χ1) is 12.6. The third kappa shape index (κ3) is 3.35. The summed E-state index contributed by atoms with van der Waals surface area (Å²) < 4.78 is 2.04. The molecular formula is C21H24N4O. The fourth-order valence-corrected chi connectivity index (χ4v) is 3.63. The number of rotatable bonds is 3. The maximum atomic E-state index is 12.5. The Morgan fingerprint density at radius 3 is 2.81 bits per heavy atom. The van der Waals surface area contributed by atoms with Crippen LogP contribution >= 0.6 is 0 Å². The number of hydrogen-bond acceptors (Lipinski definition) is 3. The summed E-state index contributed by atoms with van der Waals surface area (Å²) in [5, 5.41) is 6.44. The van der Waals surface area contributed by atoms with Gasteiger partial charge in [-0.25, -0.2) is 4.98 Å². The summed E-state index contributed by atoms with van der Waals surface area (Å²) in [4.78, 5) is 17.2. The molecule has 1 saturated heterocycles. The first kappa shape index (κ1) is 16.8. The summed E-state index contributed by atoms with van der Waals surface area (Å²) in [6.45, 7) is 5.10. The van der Waals surface area contributed by atoms with Crippen molar-refractivity contribution in [2.24, 2.45) is 5.92 Å². The second kappa shape index (κ2) is 6.92. The van der Waals surface area contributed by atoms with Crippen molar-refractivity contribution in [2.75, 3.05) is 11.9 Å². The first-order valence-corrected chi connectivity index (χ1v) is 9.19. The number of carbonyl (C=O) groups excluding carboxylic acids is 1. The molecule has 1 aromatic carbocycles.